The summed E-state index contributed by atoms with van der Waals surface area (Å²) in [5.74, 6) is -0.554. The Bertz CT molecular complexity index is 798. The third-order valence-electron chi connectivity index (χ3n) is 11.1. The molecule has 10 atom stereocenters. The lowest BCUT2D eigenvalue weighted by atomic mass is 9.53. The van der Waals surface area contributed by atoms with Gasteiger partial charge in [-0.2, -0.15) is 0 Å². The standard InChI is InChI=1S/C22H34O6/c1-11(2)19-10-17(19,5)18(6)21(26)14(24)12(3)7-8-20(21,25)16(4)9-13(23)28-15(19)22(16,18)27/h11-12,14-15,24-27H,7-10H2,1-6H3/t12?,14?,15?,16?,17-,18?,19+,20?,21?,22?/m0/s1. The van der Waals surface area contributed by atoms with E-state index in [0.717, 1.165) is 0 Å². The minimum absolute atomic E-state index is 0.110. The van der Waals surface area contributed by atoms with E-state index in [-0.39, 0.29) is 24.7 Å². The number of carbonyl (C=O) groups is 1. The number of hydrogen-bond acceptors (Lipinski definition) is 6. The minimum atomic E-state index is -1.94. The molecule has 1 heterocycles. The smallest absolute Gasteiger partial charge is 0.306 e. The molecule has 0 radical (unpaired) electrons. The van der Waals surface area contributed by atoms with Crippen molar-refractivity contribution in [2.75, 3.05) is 0 Å². The summed E-state index contributed by atoms with van der Waals surface area (Å²) in [7, 11) is 0. The van der Waals surface area contributed by atoms with Gasteiger partial charge in [0.15, 0.2) is 0 Å². The molecular formula is C22H34O6. The summed E-state index contributed by atoms with van der Waals surface area (Å²) in [4.78, 5) is 12.8. The maximum Gasteiger partial charge on any atom is 0.306 e. The number of fused-ring (bicyclic) bond motifs is 6. The summed E-state index contributed by atoms with van der Waals surface area (Å²) < 4.78 is 5.87. The molecule has 6 heteroatoms. The predicted octanol–water partition coefficient (Wildman–Crippen LogP) is 1.38. The van der Waals surface area contributed by atoms with Crippen LogP contribution < -0.4 is 0 Å². The largest absolute Gasteiger partial charge is 0.459 e. The molecule has 0 spiro atoms. The van der Waals surface area contributed by atoms with Crippen molar-refractivity contribution in [2.24, 2.45) is 33.5 Å². The number of carbonyl (C=O) groups excluding carboxylic acids is 1. The van der Waals surface area contributed by atoms with Gasteiger partial charge in [-0.3, -0.25) is 4.79 Å². The average molecular weight is 395 g/mol. The Morgan fingerprint density at radius 1 is 1.07 bits per heavy atom. The zero-order valence-electron chi connectivity index (χ0n) is 17.7. The number of hydrogen-bond donors (Lipinski definition) is 4. The van der Waals surface area contributed by atoms with E-state index in [9.17, 15) is 25.2 Å². The van der Waals surface area contributed by atoms with Crippen LogP contribution in [0.5, 0.6) is 0 Å². The van der Waals surface area contributed by atoms with Gasteiger partial charge in [0, 0.05) is 16.2 Å². The predicted molar refractivity (Wildman–Crippen MR) is 100.0 cm³/mol. The molecule has 28 heavy (non-hydrogen) atoms. The molecule has 1 aliphatic heterocycles. The van der Waals surface area contributed by atoms with E-state index in [2.05, 4.69) is 13.8 Å². The number of rotatable bonds is 1. The highest BCUT2D eigenvalue weighted by atomic mass is 16.6. The SMILES string of the molecule is CC1CCC2(O)C3(C)CC(=O)OC4C3(O)C(C)(C2(O)C1O)[C@]1(C)C[C@@]41C(C)C. The van der Waals surface area contributed by atoms with E-state index < -0.39 is 56.6 Å². The molecule has 5 rings (SSSR count). The molecule has 5 aliphatic rings. The van der Waals surface area contributed by atoms with E-state index in [1.165, 1.54) is 0 Å². The molecule has 0 amide bonds. The van der Waals surface area contributed by atoms with Crippen molar-refractivity contribution in [2.45, 2.75) is 96.2 Å². The van der Waals surface area contributed by atoms with E-state index in [4.69, 9.17) is 4.74 Å². The van der Waals surface area contributed by atoms with Crippen LogP contribution in [0.3, 0.4) is 0 Å². The maximum absolute atomic E-state index is 12.8. The fraction of sp³-hybridized carbons (Fsp3) is 0.955. The Morgan fingerprint density at radius 2 is 1.68 bits per heavy atom. The van der Waals surface area contributed by atoms with Gasteiger partial charge in [-0.1, -0.05) is 41.5 Å². The lowest BCUT2D eigenvalue weighted by Crippen LogP contribution is -2.72. The fourth-order valence-electron chi connectivity index (χ4n) is 9.41. The van der Waals surface area contributed by atoms with Gasteiger partial charge < -0.3 is 25.2 Å². The van der Waals surface area contributed by atoms with Crippen LogP contribution in [-0.2, 0) is 9.53 Å². The topological polar surface area (TPSA) is 107 Å². The van der Waals surface area contributed by atoms with Crippen molar-refractivity contribution >= 4 is 5.97 Å². The summed E-state index contributed by atoms with van der Waals surface area (Å²) in [6.07, 6.45) is -0.723. The van der Waals surface area contributed by atoms with Gasteiger partial charge in [-0.25, -0.2) is 0 Å². The Labute approximate surface area is 166 Å². The maximum atomic E-state index is 12.8. The molecule has 8 unspecified atom stereocenters. The molecule has 4 N–H and O–H groups in total. The Morgan fingerprint density at radius 3 is 2.25 bits per heavy atom. The normalized spacial score (nSPS) is 67.0. The highest BCUT2D eigenvalue weighted by Crippen LogP contribution is 2.94. The van der Waals surface area contributed by atoms with Gasteiger partial charge in [0.2, 0.25) is 0 Å². The van der Waals surface area contributed by atoms with E-state index in [0.29, 0.717) is 12.8 Å². The number of aliphatic hydroxyl groups is 4. The van der Waals surface area contributed by atoms with Crippen molar-refractivity contribution in [3.05, 3.63) is 0 Å². The molecular weight excluding hydrogens is 360 g/mol. The third kappa shape index (κ3) is 1.25. The van der Waals surface area contributed by atoms with Crippen LogP contribution in [0.2, 0.25) is 0 Å². The molecule has 4 saturated carbocycles. The van der Waals surface area contributed by atoms with Gasteiger partial charge in [-0.15, -0.1) is 0 Å². The van der Waals surface area contributed by atoms with Crippen LogP contribution in [-0.4, -0.2) is 55.4 Å². The number of aliphatic hydroxyl groups excluding tert-OH is 1. The highest BCUT2D eigenvalue weighted by molar-refractivity contribution is 5.75. The zero-order chi connectivity index (χ0) is 20.9. The first-order valence-corrected chi connectivity index (χ1v) is 10.7. The van der Waals surface area contributed by atoms with Crippen LogP contribution in [0, 0.1) is 33.5 Å². The van der Waals surface area contributed by atoms with Crippen molar-refractivity contribution in [1.82, 2.24) is 0 Å². The average Bonchev–Trinajstić information content (AvgIpc) is 3.20. The third-order valence-corrected chi connectivity index (χ3v) is 11.1. The number of ether oxygens (including phenoxy) is 1. The Kier molecular flexibility index (Phi) is 3.09. The van der Waals surface area contributed by atoms with Crippen LogP contribution in [0.25, 0.3) is 0 Å². The van der Waals surface area contributed by atoms with E-state index in [1.54, 1.807) is 6.92 Å². The van der Waals surface area contributed by atoms with Crippen LogP contribution in [0.4, 0.5) is 0 Å². The fourth-order valence-corrected chi connectivity index (χ4v) is 9.41. The Balaban J connectivity index is 1.90. The first-order chi connectivity index (χ1) is 12.7. The van der Waals surface area contributed by atoms with Gasteiger partial charge in [0.25, 0.3) is 0 Å². The van der Waals surface area contributed by atoms with Crippen molar-refractivity contribution < 1.29 is 30.0 Å². The molecule has 0 bridgehead atoms. The summed E-state index contributed by atoms with van der Waals surface area (Å²) in [5, 5.41) is 48.2. The molecule has 0 aromatic rings. The van der Waals surface area contributed by atoms with Crippen LogP contribution >= 0.6 is 0 Å². The Hall–Kier alpha value is -0.690. The second kappa shape index (κ2) is 4.48. The van der Waals surface area contributed by atoms with E-state index in [1.807, 2.05) is 20.8 Å². The minimum Gasteiger partial charge on any atom is -0.459 e. The molecule has 1 saturated heterocycles. The molecule has 0 aromatic carbocycles. The summed E-state index contributed by atoms with van der Waals surface area (Å²) in [6.45, 7) is 11.6. The lowest BCUT2D eigenvalue weighted by molar-refractivity contribution is -0.287. The second-order valence-corrected chi connectivity index (χ2v) is 11.6. The van der Waals surface area contributed by atoms with Crippen LogP contribution in [0.1, 0.15) is 67.2 Å². The summed E-state index contributed by atoms with van der Waals surface area (Å²) in [5.41, 5.74) is -8.91. The molecule has 5 fully saturated rings. The summed E-state index contributed by atoms with van der Waals surface area (Å²) >= 11 is 0. The first kappa shape index (κ1) is 19.3. The van der Waals surface area contributed by atoms with Crippen molar-refractivity contribution in [3.8, 4) is 0 Å². The molecule has 6 nitrogen and oxygen atoms in total. The second-order valence-electron chi connectivity index (χ2n) is 11.6. The van der Waals surface area contributed by atoms with Crippen molar-refractivity contribution in [3.63, 3.8) is 0 Å². The molecule has 4 aliphatic carbocycles. The van der Waals surface area contributed by atoms with Gasteiger partial charge >= 0.3 is 5.97 Å². The van der Waals surface area contributed by atoms with Gasteiger partial charge in [0.1, 0.15) is 22.9 Å². The highest BCUT2D eigenvalue weighted by Gasteiger charge is 3.03. The lowest BCUT2D eigenvalue weighted by Gasteiger charge is -2.58. The zero-order valence-corrected chi connectivity index (χ0v) is 17.7. The number of esters is 1. The quantitative estimate of drug-likeness (QED) is 0.501. The van der Waals surface area contributed by atoms with E-state index >= 15 is 0 Å². The monoisotopic (exact) mass is 394 g/mol. The van der Waals surface area contributed by atoms with Gasteiger partial charge in [0.05, 0.1) is 12.5 Å². The van der Waals surface area contributed by atoms with Gasteiger partial charge in [-0.05, 0) is 36.5 Å². The molecule has 158 valence electrons. The van der Waals surface area contributed by atoms with Crippen LogP contribution in [0.15, 0.2) is 0 Å². The van der Waals surface area contributed by atoms with Crippen molar-refractivity contribution in [1.29, 1.82) is 0 Å². The summed E-state index contributed by atoms with van der Waals surface area (Å²) in [6, 6.07) is 0. The first-order valence-electron chi connectivity index (χ1n) is 10.7. The molecule has 0 aromatic heterocycles.